The van der Waals surface area contributed by atoms with Gasteiger partial charge in [0.1, 0.15) is 17.6 Å². The van der Waals surface area contributed by atoms with E-state index in [1.54, 1.807) is 55.3 Å². The molecular weight excluding hydrogens is 542 g/mol. The van der Waals surface area contributed by atoms with Gasteiger partial charge in [-0.15, -0.1) is 0 Å². The lowest BCUT2D eigenvalue weighted by atomic mass is 9.99. The van der Waals surface area contributed by atoms with Crippen molar-refractivity contribution in [2.45, 2.75) is 44.4 Å². The number of carbonyl (C=O) groups is 1. The molecule has 0 saturated heterocycles. The molecule has 220 valence electrons. The second kappa shape index (κ2) is 12.9. The van der Waals surface area contributed by atoms with Crippen LogP contribution in [-0.2, 0) is 16.6 Å². The predicted molar refractivity (Wildman–Crippen MR) is 159 cm³/mol. The molecule has 0 aliphatic carbocycles. The number of sulfonamides is 1. The summed E-state index contributed by atoms with van der Waals surface area (Å²) in [6.45, 7) is 7.17. The molecule has 1 aliphatic rings. The minimum Gasteiger partial charge on any atom is -0.497 e. The van der Waals surface area contributed by atoms with Crippen LogP contribution in [0, 0.1) is 12.8 Å². The highest BCUT2D eigenvalue weighted by molar-refractivity contribution is 7.92. The number of ether oxygens (including phenoxy) is 2. The van der Waals surface area contributed by atoms with E-state index in [9.17, 15) is 18.3 Å². The average molecular weight is 582 g/mol. The number of likely N-dealkylation sites (N-methyl/N-ethyl adjacent to an activating group) is 1. The number of anilines is 1. The highest BCUT2D eigenvalue weighted by atomic mass is 32.2. The van der Waals surface area contributed by atoms with Gasteiger partial charge >= 0.3 is 0 Å². The maximum Gasteiger partial charge on any atom is 0.261 e. The average Bonchev–Trinajstić information content (AvgIpc) is 2.95. The van der Waals surface area contributed by atoms with Crippen molar-refractivity contribution in [1.82, 2.24) is 9.80 Å². The minimum absolute atomic E-state index is 0.0425. The Morgan fingerprint density at radius 3 is 2.44 bits per heavy atom. The molecule has 1 heterocycles. The SMILES string of the molecule is COc1ccc(CN(C)C[C@@H]2Oc3ccc(NS(=O)(=O)c4ccc(C)cc4)cc3C(=O)N([C@H](C)CO)C[C@H]2C)cc1. The molecule has 0 radical (unpaired) electrons. The quantitative estimate of drug-likeness (QED) is 0.370. The maximum atomic E-state index is 13.7. The van der Waals surface area contributed by atoms with Crippen molar-refractivity contribution >= 4 is 21.6 Å². The number of aliphatic hydroxyl groups is 1. The lowest BCUT2D eigenvalue weighted by molar-refractivity contribution is 0.0341. The molecular formula is C31H39N3O6S. The summed E-state index contributed by atoms with van der Waals surface area (Å²) in [5.74, 6) is 0.806. The molecule has 3 aromatic carbocycles. The van der Waals surface area contributed by atoms with Crippen LogP contribution in [0.2, 0.25) is 0 Å². The van der Waals surface area contributed by atoms with Crippen LogP contribution in [0.1, 0.15) is 35.3 Å². The molecule has 41 heavy (non-hydrogen) atoms. The van der Waals surface area contributed by atoms with Gasteiger partial charge in [-0.1, -0.05) is 36.8 Å². The lowest BCUT2D eigenvalue weighted by Crippen LogP contribution is -2.49. The van der Waals surface area contributed by atoms with Gasteiger partial charge in [0, 0.05) is 31.2 Å². The van der Waals surface area contributed by atoms with E-state index in [-0.39, 0.29) is 40.7 Å². The van der Waals surface area contributed by atoms with E-state index in [0.29, 0.717) is 25.4 Å². The van der Waals surface area contributed by atoms with Crippen molar-refractivity contribution in [3.05, 3.63) is 83.4 Å². The molecule has 3 aromatic rings. The number of nitrogens with one attached hydrogen (secondary N) is 1. The fraction of sp³-hybridized carbons (Fsp3) is 0.387. The first-order chi connectivity index (χ1) is 19.5. The van der Waals surface area contributed by atoms with Gasteiger partial charge in [0.05, 0.1) is 30.2 Å². The van der Waals surface area contributed by atoms with Gasteiger partial charge in [-0.3, -0.25) is 14.4 Å². The van der Waals surface area contributed by atoms with Gasteiger partial charge in [-0.25, -0.2) is 8.42 Å². The third-order valence-electron chi connectivity index (χ3n) is 7.35. The van der Waals surface area contributed by atoms with Gasteiger partial charge in [0.15, 0.2) is 0 Å². The molecule has 0 spiro atoms. The van der Waals surface area contributed by atoms with E-state index >= 15 is 0 Å². The van der Waals surface area contributed by atoms with Gasteiger partial charge < -0.3 is 19.5 Å². The third kappa shape index (κ3) is 7.38. The first-order valence-corrected chi connectivity index (χ1v) is 15.1. The Kier molecular flexibility index (Phi) is 9.57. The third-order valence-corrected chi connectivity index (χ3v) is 8.75. The number of benzene rings is 3. The molecule has 9 nitrogen and oxygen atoms in total. The van der Waals surface area contributed by atoms with E-state index in [1.165, 1.54) is 6.07 Å². The van der Waals surface area contributed by atoms with Crippen LogP contribution in [-0.4, -0.2) is 75.2 Å². The van der Waals surface area contributed by atoms with Gasteiger partial charge in [-0.2, -0.15) is 0 Å². The summed E-state index contributed by atoms with van der Waals surface area (Å²) < 4.78 is 40.3. The number of hydrogen-bond donors (Lipinski definition) is 2. The molecule has 2 N–H and O–H groups in total. The molecule has 0 fully saturated rings. The first kappa shape index (κ1) is 30.4. The molecule has 0 bridgehead atoms. The number of nitrogens with zero attached hydrogens (tertiary/aromatic N) is 2. The molecule has 0 unspecified atom stereocenters. The fourth-order valence-electron chi connectivity index (χ4n) is 4.85. The second-order valence-electron chi connectivity index (χ2n) is 10.8. The number of aryl methyl sites for hydroxylation is 1. The minimum atomic E-state index is -3.86. The van der Waals surface area contributed by atoms with E-state index < -0.39 is 16.1 Å². The van der Waals surface area contributed by atoms with Gasteiger partial charge in [0.2, 0.25) is 0 Å². The molecule has 0 saturated carbocycles. The molecule has 0 aromatic heterocycles. The smallest absolute Gasteiger partial charge is 0.261 e. The van der Waals surface area contributed by atoms with Crippen LogP contribution in [0.5, 0.6) is 11.5 Å². The largest absolute Gasteiger partial charge is 0.497 e. The van der Waals surface area contributed by atoms with E-state index in [1.807, 2.05) is 45.2 Å². The Bertz CT molecular complexity index is 1440. The maximum absolute atomic E-state index is 13.7. The van der Waals surface area contributed by atoms with Crippen molar-refractivity contribution in [1.29, 1.82) is 0 Å². The Hall–Kier alpha value is -3.60. The number of aliphatic hydroxyl groups excluding tert-OH is 1. The topological polar surface area (TPSA) is 108 Å². The first-order valence-electron chi connectivity index (χ1n) is 13.6. The van der Waals surface area contributed by atoms with Gasteiger partial charge in [0.25, 0.3) is 15.9 Å². The summed E-state index contributed by atoms with van der Waals surface area (Å²) in [6, 6.07) is 18.8. The zero-order chi connectivity index (χ0) is 29.7. The Morgan fingerprint density at radius 2 is 1.80 bits per heavy atom. The number of fused-ring (bicyclic) bond motifs is 1. The summed E-state index contributed by atoms with van der Waals surface area (Å²) in [4.78, 5) is 17.6. The zero-order valence-corrected chi connectivity index (χ0v) is 25.0. The molecule has 3 atom stereocenters. The van der Waals surface area contributed by atoms with Crippen LogP contribution in [0.3, 0.4) is 0 Å². The standard InChI is InChI=1S/C31H39N3O6S/c1-21-6-13-27(14-7-21)41(37,38)32-25-10-15-29-28(16-25)31(36)34(23(3)20-35)17-22(2)30(40-29)19-33(4)18-24-8-11-26(39-5)12-9-24/h6-16,22-23,30,32,35H,17-20H2,1-5H3/t22-,23-,30+/m1/s1. The van der Waals surface area contributed by atoms with Gasteiger partial charge in [-0.05, 0) is 68.9 Å². The number of hydrogen-bond acceptors (Lipinski definition) is 7. The van der Waals surface area contributed by atoms with Crippen LogP contribution in [0.4, 0.5) is 5.69 Å². The fourth-order valence-corrected chi connectivity index (χ4v) is 5.90. The number of rotatable bonds is 10. The zero-order valence-electron chi connectivity index (χ0n) is 24.2. The number of amides is 1. The van der Waals surface area contributed by atoms with Crippen LogP contribution in [0.25, 0.3) is 0 Å². The summed E-state index contributed by atoms with van der Waals surface area (Å²) in [5.41, 5.74) is 2.57. The summed E-state index contributed by atoms with van der Waals surface area (Å²) >= 11 is 0. The Balaban J connectivity index is 1.61. The Morgan fingerprint density at radius 1 is 1.12 bits per heavy atom. The van der Waals surface area contributed by atoms with Crippen molar-refractivity contribution < 1.29 is 27.8 Å². The number of carbonyl (C=O) groups excluding carboxylic acids is 1. The van der Waals surface area contributed by atoms with Crippen LogP contribution < -0.4 is 14.2 Å². The second-order valence-corrected chi connectivity index (χ2v) is 12.5. The molecule has 1 amide bonds. The highest BCUT2D eigenvalue weighted by Crippen LogP contribution is 2.31. The van der Waals surface area contributed by atoms with Crippen LogP contribution >= 0.6 is 0 Å². The van der Waals surface area contributed by atoms with Crippen molar-refractivity contribution in [3.63, 3.8) is 0 Å². The number of methoxy groups -OCH3 is 1. The van der Waals surface area contributed by atoms with Crippen LogP contribution in [0.15, 0.2) is 71.6 Å². The Labute approximate surface area is 242 Å². The van der Waals surface area contributed by atoms with Crippen molar-refractivity contribution in [2.24, 2.45) is 5.92 Å². The van der Waals surface area contributed by atoms with E-state index in [0.717, 1.165) is 16.9 Å². The van der Waals surface area contributed by atoms with E-state index in [4.69, 9.17) is 9.47 Å². The summed E-state index contributed by atoms with van der Waals surface area (Å²) in [5, 5.41) is 9.93. The van der Waals surface area contributed by atoms with Crippen molar-refractivity contribution in [2.75, 3.05) is 38.6 Å². The van der Waals surface area contributed by atoms with Crippen molar-refractivity contribution in [3.8, 4) is 11.5 Å². The molecule has 4 rings (SSSR count). The normalized spacial score (nSPS) is 18.2. The monoisotopic (exact) mass is 581 g/mol. The summed E-state index contributed by atoms with van der Waals surface area (Å²) in [7, 11) is -0.210. The summed E-state index contributed by atoms with van der Waals surface area (Å²) in [6.07, 6.45) is -0.270. The van der Waals surface area contributed by atoms with E-state index in [2.05, 4.69) is 9.62 Å². The highest BCUT2D eigenvalue weighted by Gasteiger charge is 2.33. The lowest BCUT2D eigenvalue weighted by Gasteiger charge is -2.38. The molecule has 1 aliphatic heterocycles. The molecule has 10 heteroatoms. The predicted octanol–water partition coefficient (Wildman–Crippen LogP) is 4.16.